The molecule has 0 bridgehead atoms. The van der Waals surface area contributed by atoms with Crippen LogP contribution in [0.3, 0.4) is 0 Å². The Morgan fingerprint density at radius 1 is 0.571 bits per heavy atom. The first-order valence-corrected chi connectivity index (χ1v) is 16.1. The Morgan fingerprint density at radius 3 is 1.24 bits per heavy atom. The summed E-state index contributed by atoms with van der Waals surface area (Å²) < 4.78 is 11.6. The van der Waals surface area contributed by atoms with Crippen LogP contribution in [0.1, 0.15) is 98.8 Å². The van der Waals surface area contributed by atoms with Crippen molar-refractivity contribution in [2.24, 2.45) is 11.8 Å². The number of carbonyl (C=O) groups excluding carboxylic acids is 2. The molecule has 0 fully saturated rings. The van der Waals surface area contributed by atoms with E-state index in [1.165, 1.54) is 12.8 Å². The zero-order valence-corrected chi connectivity index (χ0v) is 27.2. The SMILES string of the molecule is CCCCCOc1ccc(C(=O)[C@H](CCCC[C@H](CN(C)C)C(=O)c2ccc(OCCCCC)cc2)CN(C)C)cc1. The summed E-state index contributed by atoms with van der Waals surface area (Å²) in [7, 11) is 8.06. The Balaban J connectivity index is 1.93. The molecule has 0 radical (unpaired) electrons. The second-order valence-electron chi connectivity index (χ2n) is 12.1. The molecule has 0 aliphatic rings. The maximum absolute atomic E-state index is 13.4. The third kappa shape index (κ3) is 13.5. The monoisotopic (exact) mass is 580 g/mol. The molecule has 0 heterocycles. The van der Waals surface area contributed by atoms with E-state index < -0.39 is 0 Å². The van der Waals surface area contributed by atoms with E-state index in [9.17, 15) is 9.59 Å². The van der Waals surface area contributed by atoms with Crippen LogP contribution in [0.15, 0.2) is 48.5 Å². The van der Waals surface area contributed by atoms with Crippen molar-refractivity contribution in [2.75, 3.05) is 54.5 Å². The van der Waals surface area contributed by atoms with Crippen molar-refractivity contribution in [1.82, 2.24) is 9.80 Å². The fraction of sp³-hybridized carbons (Fsp3) is 0.611. The number of hydrogen-bond donors (Lipinski definition) is 0. The molecule has 2 atom stereocenters. The third-order valence-electron chi connectivity index (χ3n) is 7.58. The Morgan fingerprint density at radius 2 is 0.929 bits per heavy atom. The first-order chi connectivity index (χ1) is 20.2. The van der Waals surface area contributed by atoms with Gasteiger partial charge in [-0.15, -0.1) is 0 Å². The molecule has 0 aliphatic heterocycles. The van der Waals surface area contributed by atoms with Gasteiger partial charge < -0.3 is 19.3 Å². The Labute approximate surface area is 255 Å². The van der Waals surface area contributed by atoms with Crippen LogP contribution in [0.2, 0.25) is 0 Å². The van der Waals surface area contributed by atoms with Gasteiger partial charge in [0, 0.05) is 36.1 Å². The maximum Gasteiger partial charge on any atom is 0.167 e. The minimum absolute atomic E-state index is 0.0795. The number of ketones is 2. The minimum Gasteiger partial charge on any atom is -0.494 e. The van der Waals surface area contributed by atoms with Crippen molar-refractivity contribution >= 4 is 11.6 Å². The van der Waals surface area contributed by atoms with Gasteiger partial charge in [0.2, 0.25) is 0 Å². The topological polar surface area (TPSA) is 59.1 Å². The van der Waals surface area contributed by atoms with Gasteiger partial charge in [-0.05, 0) is 102 Å². The van der Waals surface area contributed by atoms with E-state index >= 15 is 0 Å². The highest BCUT2D eigenvalue weighted by Gasteiger charge is 2.23. The van der Waals surface area contributed by atoms with Crippen LogP contribution in [0.5, 0.6) is 11.5 Å². The quantitative estimate of drug-likeness (QED) is 0.0987. The number of unbranched alkanes of at least 4 members (excludes halogenated alkanes) is 5. The smallest absolute Gasteiger partial charge is 0.167 e. The molecule has 0 aliphatic carbocycles. The molecule has 2 aromatic carbocycles. The molecular formula is C36H56N2O4. The van der Waals surface area contributed by atoms with Crippen molar-refractivity contribution in [3.63, 3.8) is 0 Å². The van der Waals surface area contributed by atoms with E-state index in [1.54, 1.807) is 0 Å². The summed E-state index contributed by atoms with van der Waals surface area (Å²) in [5.41, 5.74) is 1.47. The number of carbonyl (C=O) groups is 2. The molecule has 234 valence electrons. The van der Waals surface area contributed by atoms with Crippen LogP contribution >= 0.6 is 0 Å². The molecule has 0 spiro atoms. The normalized spacial score (nSPS) is 12.9. The lowest BCUT2D eigenvalue weighted by Gasteiger charge is -2.22. The number of Topliss-reactive ketones (excluding diaryl/α,β-unsaturated/α-hetero) is 2. The molecule has 2 aromatic rings. The lowest BCUT2D eigenvalue weighted by Crippen LogP contribution is -2.29. The molecule has 6 nitrogen and oxygen atoms in total. The predicted octanol–water partition coefficient (Wildman–Crippen LogP) is 7.81. The molecule has 0 saturated carbocycles. The average Bonchev–Trinajstić information content (AvgIpc) is 2.98. The Bertz CT molecular complexity index is 934. The molecule has 42 heavy (non-hydrogen) atoms. The first kappa shape index (κ1) is 35.5. The number of hydrogen-bond acceptors (Lipinski definition) is 6. The zero-order valence-electron chi connectivity index (χ0n) is 27.2. The van der Waals surface area contributed by atoms with Crippen LogP contribution in [0.4, 0.5) is 0 Å². The highest BCUT2D eigenvalue weighted by atomic mass is 16.5. The van der Waals surface area contributed by atoms with Crippen molar-refractivity contribution in [1.29, 1.82) is 0 Å². The average molecular weight is 581 g/mol. The van der Waals surface area contributed by atoms with Crippen molar-refractivity contribution in [3.05, 3.63) is 59.7 Å². The van der Waals surface area contributed by atoms with Crippen molar-refractivity contribution in [2.45, 2.75) is 78.1 Å². The van der Waals surface area contributed by atoms with Gasteiger partial charge in [0.25, 0.3) is 0 Å². The summed E-state index contributed by atoms with van der Waals surface area (Å²) in [6.07, 6.45) is 10.2. The van der Waals surface area contributed by atoms with Crippen LogP contribution in [0, 0.1) is 11.8 Å². The zero-order chi connectivity index (χ0) is 30.7. The first-order valence-electron chi connectivity index (χ1n) is 16.1. The number of nitrogens with zero attached hydrogens (tertiary/aromatic N) is 2. The summed E-state index contributed by atoms with van der Waals surface area (Å²) in [5, 5.41) is 0. The predicted molar refractivity (Wildman–Crippen MR) is 174 cm³/mol. The second-order valence-corrected chi connectivity index (χ2v) is 12.1. The molecule has 0 unspecified atom stereocenters. The van der Waals surface area contributed by atoms with Crippen LogP contribution in [-0.2, 0) is 0 Å². The molecule has 0 amide bonds. The fourth-order valence-electron chi connectivity index (χ4n) is 5.26. The van der Waals surface area contributed by atoms with Gasteiger partial charge in [-0.2, -0.15) is 0 Å². The van der Waals surface area contributed by atoms with Gasteiger partial charge in [-0.1, -0.05) is 52.4 Å². The molecule has 0 saturated heterocycles. The summed E-state index contributed by atoms with van der Waals surface area (Å²) in [5.74, 6) is 1.84. The standard InChI is InChI=1S/C36H56N2O4/c1-7-9-13-25-41-33-21-17-29(18-22-33)35(39)31(27-37(3)4)15-11-12-16-32(28-38(5)6)36(40)30-19-23-34(24-20-30)42-26-14-10-8-2/h17-24,31-32H,7-16,25-28H2,1-6H3/t31-,32-/m1/s1. The lowest BCUT2D eigenvalue weighted by atomic mass is 9.88. The van der Waals surface area contributed by atoms with Gasteiger partial charge in [-0.25, -0.2) is 0 Å². The van der Waals surface area contributed by atoms with Crippen LogP contribution in [-0.4, -0.2) is 75.9 Å². The van der Waals surface area contributed by atoms with Crippen LogP contribution < -0.4 is 9.47 Å². The van der Waals surface area contributed by atoms with E-state index in [1.807, 2.05) is 76.7 Å². The van der Waals surface area contributed by atoms with E-state index in [0.29, 0.717) is 26.3 Å². The Hall–Kier alpha value is -2.70. The van der Waals surface area contributed by atoms with Gasteiger partial charge in [-0.3, -0.25) is 9.59 Å². The van der Waals surface area contributed by atoms with E-state index in [2.05, 4.69) is 23.6 Å². The molecule has 0 aromatic heterocycles. The van der Waals surface area contributed by atoms with Gasteiger partial charge >= 0.3 is 0 Å². The summed E-state index contributed by atoms with van der Waals surface area (Å²) >= 11 is 0. The number of ether oxygens (including phenoxy) is 2. The minimum atomic E-state index is -0.0795. The summed E-state index contributed by atoms with van der Waals surface area (Å²) in [6.45, 7) is 7.19. The third-order valence-corrected chi connectivity index (χ3v) is 7.58. The second kappa shape index (κ2) is 20.2. The lowest BCUT2D eigenvalue weighted by molar-refractivity contribution is 0.0867. The summed E-state index contributed by atoms with van der Waals surface area (Å²) in [6, 6.07) is 15.2. The largest absolute Gasteiger partial charge is 0.494 e. The van der Waals surface area contributed by atoms with Crippen molar-refractivity contribution in [3.8, 4) is 11.5 Å². The Kier molecular flexibility index (Phi) is 17.1. The van der Waals surface area contributed by atoms with Crippen LogP contribution in [0.25, 0.3) is 0 Å². The molecule has 0 N–H and O–H groups in total. The number of benzene rings is 2. The van der Waals surface area contributed by atoms with E-state index in [4.69, 9.17) is 9.47 Å². The molecular weight excluding hydrogens is 524 g/mol. The molecule has 2 rings (SSSR count). The van der Waals surface area contributed by atoms with Gasteiger partial charge in [0.15, 0.2) is 11.6 Å². The van der Waals surface area contributed by atoms with E-state index in [-0.39, 0.29) is 23.4 Å². The van der Waals surface area contributed by atoms with Gasteiger partial charge in [0.1, 0.15) is 11.5 Å². The van der Waals surface area contributed by atoms with Crippen molar-refractivity contribution < 1.29 is 19.1 Å². The molecule has 6 heteroatoms. The maximum atomic E-state index is 13.4. The summed E-state index contributed by atoms with van der Waals surface area (Å²) in [4.78, 5) is 31.1. The highest BCUT2D eigenvalue weighted by molar-refractivity contribution is 5.98. The fourth-order valence-corrected chi connectivity index (χ4v) is 5.26. The van der Waals surface area contributed by atoms with E-state index in [0.717, 1.165) is 74.0 Å². The highest BCUT2D eigenvalue weighted by Crippen LogP contribution is 2.23. The van der Waals surface area contributed by atoms with Gasteiger partial charge in [0.05, 0.1) is 13.2 Å². The number of rotatable bonds is 23.